The molecule has 0 radical (unpaired) electrons. The third kappa shape index (κ3) is 5.67. The summed E-state index contributed by atoms with van der Waals surface area (Å²) >= 11 is 0. The Bertz CT molecular complexity index is 693. The molecule has 1 aromatic rings. The van der Waals surface area contributed by atoms with Gasteiger partial charge in [-0.15, -0.1) is 24.0 Å². The summed E-state index contributed by atoms with van der Waals surface area (Å²) in [6, 6.07) is 4.18. The number of ether oxygens (including phenoxy) is 4. The van der Waals surface area contributed by atoms with Crippen molar-refractivity contribution in [1.29, 1.82) is 0 Å². The molecule has 7 nitrogen and oxygen atoms in total. The number of fused-ring (bicyclic) bond motifs is 1. The third-order valence-electron chi connectivity index (χ3n) is 5.71. The van der Waals surface area contributed by atoms with Crippen LogP contribution in [0.25, 0.3) is 0 Å². The molecule has 1 aromatic carbocycles. The number of hydrogen-bond donors (Lipinski definition) is 1. The number of aliphatic imine (C=N–C) groups is 1. The fourth-order valence-corrected chi connectivity index (χ4v) is 3.88. The number of methoxy groups -OCH3 is 3. The maximum absolute atomic E-state index is 5.84. The fourth-order valence-electron chi connectivity index (χ4n) is 3.88. The largest absolute Gasteiger partial charge is 0.493 e. The molecule has 0 aromatic heterocycles. The molecule has 29 heavy (non-hydrogen) atoms. The highest BCUT2D eigenvalue weighted by molar-refractivity contribution is 14.0. The predicted octanol–water partition coefficient (Wildman–Crippen LogP) is 2.84. The van der Waals surface area contributed by atoms with Crippen LogP contribution in [0.2, 0.25) is 0 Å². The zero-order valence-electron chi connectivity index (χ0n) is 18.0. The van der Waals surface area contributed by atoms with Crippen LogP contribution in [0.4, 0.5) is 0 Å². The van der Waals surface area contributed by atoms with Crippen LogP contribution in [-0.2, 0) is 22.4 Å². The van der Waals surface area contributed by atoms with Gasteiger partial charge in [0.05, 0.1) is 26.4 Å². The van der Waals surface area contributed by atoms with Crippen LogP contribution >= 0.6 is 24.0 Å². The first-order valence-electron chi connectivity index (χ1n) is 10.0. The van der Waals surface area contributed by atoms with Gasteiger partial charge in [-0.05, 0) is 36.6 Å². The van der Waals surface area contributed by atoms with Gasteiger partial charge in [0.15, 0.2) is 17.5 Å². The summed E-state index contributed by atoms with van der Waals surface area (Å²) in [7, 11) is 5.14. The van der Waals surface area contributed by atoms with Gasteiger partial charge in [0.2, 0.25) is 0 Å². The van der Waals surface area contributed by atoms with Crippen LogP contribution in [0.3, 0.4) is 0 Å². The third-order valence-corrected chi connectivity index (χ3v) is 5.71. The molecule has 1 fully saturated rings. The molecule has 0 saturated carbocycles. The molecule has 8 heteroatoms. The summed E-state index contributed by atoms with van der Waals surface area (Å²) in [5.41, 5.74) is 2.34. The first-order valence-corrected chi connectivity index (χ1v) is 10.0. The number of hydrogen-bond acceptors (Lipinski definition) is 5. The summed E-state index contributed by atoms with van der Waals surface area (Å²) in [6.07, 6.45) is 2.71. The first kappa shape index (κ1) is 24.0. The van der Waals surface area contributed by atoms with Crippen molar-refractivity contribution < 1.29 is 18.9 Å². The van der Waals surface area contributed by atoms with Crippen LogP contribution in [-0.4, -0.2) is 70.6 Å². The highest BCUT2D eigenvalue weighted by Gasteiger charge is 2.33. The minimum atomic E-state index is -0.219. The summed E-state index contributed by atoms with van der Waals surface area (Å²) in [5, 5.41) is 3.45. The van der Waals surface area contributed by atoms with Crippen LogP contribution in [0.5, 0.6) is 11.5 Å². The Balaban J connectivity index is 0.00000300. The van der Waals surface area contributed by atoms with E-state index in [1.165, 1.54) is 11.1 Å². The molecule has 2 aliphatic heterocycles. The number of rotatable bonds is 6. The lowest BCUT2D eigenvalue weighted by Crippen LogP contribution is -2.46. The van der Waals surface area contributed by atoms with E-state index in [-0.39, 0.29) is 29.6 Å². The molecular weight excluding hydrogens is 485 g/mol. The van der Waals surface area contributed by atoms with E-state index in [2.05, 4.69) is 29.3 Å². The maximum atomic E-state index is 5.84. The van der Waals surface area contributed by atoms with Gasteiger partial charge >= 0.3 is 0 Å². The SMILES string of the molecule is CCNC(=NCC1(OC)CCOCC1)N1CCc2cc(OC)c(OC)cc2C1.I. The molecule has 2 heterocycles. The Morgan fingerprint density at radius 3 is 2.38 bits per heavy atom. The average molecular weight is 519 g/mol. The number of nitrogens with one attached hydrogen (secondary N) is 1. The summed E-state index contributed by atoms with van der Waals surface area (Å²) < 4.78 is 22.3. The highest BCUT2D eigenvalue weighted by Crippen LogP contribution is 2.33. The Morgan fingerprint density at radius 1 is 1.14 bits per heavy atom. The highest BCUT2D eigenvalue weighted by atomic mass is 127. The van der Waals surface area contributed by atoms with Gasteiger partial charge in [0.1, 0.15) is 0 Å². The standard InChI is InChI=1S/C21H33N3O4.HI/c1-5-22-20(23-15-21(27-4)7-10-28-11-8-21)24-9-6-16-12-18(25-2)19(26-3)13-17(16)14-24;/h12-13H,5-11,14-15H2,1-4H3,(H,22,23);1H. The van der Waals surface area contributed by atoms with Crippen molar-refractivity contribution in [2.75, 3.05) is 54.2 Å². The second kappa shape index (κ2) is 11.2. The van der Waals surface area contributed by atoms with Crippen molar-refractivity contribution >= 4 is 29.9 Å². The first-order chi connectivity index (χ1) is 13.6. The molecule has 0 unspecified atom stereocenters. The molecule has 164 valence electrons. The van der Waals surface area contributed by atoms with E-state index in [1.807, 2.05) is 0 Å². The lowest BCUT2D eigenvalue weighted by Gasteiger charge is -2.36. The minimum absolute atomic E-state index is 0. The molecule has 2 aliphatic rings. The number of nitrogens with zero attached hydrogens (tertiary/aromatic N) is 2. The van der Waals surface area contributed by atoms with Gasteiger partial charge in [-0.3, -0.25) is 4.99 Å². The fraction of sp³-hybridized carbons (Fsp3) is 0.667. The lowest BCUT2D eigenvalue weighted by atomic mass is 9.94. The molecular formula is C21H34IN3O4. The normalized spacial score (nSPS) is 18.5. The molecule has 0 amide bonds. The molecule has 3 rings (SSSR count). The van der Waals surface area contributed by atoms with Crippen molar-refractivity contribution in [2.24, 2.45) is 4.99 Å². The second-order valence-corrected chi connectivity index (χ2v) is 7.32. The maximum Gasteiger partial charge on any atom is 0.194 e. The van der Waals surface area contributed by atoms with E-state index in [1.54, 1.807) is 21.3 Å². The van der Waals surface area contributed by atoms with Crippen molar-refractivity contribution in [3.05, 3.63) is 23.3 Å². The van der Waals surface area contributed by atoms with Gasteiger partial charge in [0.25, 0.3) is 0 Å². The summed E-state index contributed by atoms with van der Waals surface area (Å²) in [6.45, 7) is 6.75. The van der Waals surface area contributed by atoms with Gasteiger partial charge in [-0.1, -0.05) is 0 Å². The monoisotopic (exact) mass is 519 g/mol. The molecule has 1 saturated heterocycles. The Labute approximate surface area is 191 Å². The smallest absolute Gasteiger partial charge is 0.194 e. The summed E-state index contributed by atoms with van der Waals surface area (Å²) in [5.74, 6) is 2.49. The zero-order valence-corrected chi connectivity index (χ0v) is 20.3. The van der Waals surface area contributed by atoms with E-state index in [0.29, 0.717) is 6.54 Å². The van der Waals surface area contributed by atoms with Crippen LogP contribution in [0.15, 0.2) is 17.1 Å². The van der Waals surface area contributed by atoms with E-state index in [0.717, 1.165) is 69.6 Å². The molecule has 0 atom stereocenters. The zero-order chi connectivity index (χ0) is 20.0. The lowest BCUT2D eigenvalue weighted by molar-refractivity contribution is -0.0829. The van der Waals surface area contributed by atoms with E-state index in [4.69, 9.17) is 23.9 Å². The minimum Gasteiger partial charge on any atom is -0.493 e. The average Bonchev–Trinajstić information content (AvgIpc) is 2.75. The van der Waals surface area contributed by atoms with Crippen LogP contribution in [0.1, 0.15) is 30.9 Å². The topological polar surface area (TPSA) is 64.6 Å². The number of guanidine groups is 1. The van der Waals surface area contributed by atoms with Crippen molar-refractivity contribution in [3.8, 4) is 11.5 Å². The molecule has 0 aliphatic carbocycles. The van der Waals surface area contributed by atoms with Gasteiger partial charge < -0.3 is 29.2 Å². The second-order valence-electron chi connectivity index (χ2n) is 7.32. The van der Waals surface area contributed by atoms with Gasteiger partial charge in [-0.2, -0.15) is 0 Å². The van der Waals surface area contributed by atoms with E-state index >= 15 is 0 Å². The van der Waals surface area contributed by atoms with E-state index in [9.17, 15) is 0 Å². The van der Waals surface area contributed by atoms with Crippen LogP contribution in [0, 0.1) is 0 Å². The predicted molar refractivity (Wildman–Crippen MR) is 125 cm³/mol. The molecule has 1 N–H and O–H groups in total. The van der Waals surface area contributed by atoms with E-state index < -0.39 is 0 Å². The van der Waals surface area contributed by atoms with Crippen LogP contribution < -0.4 is 14.8 Å². The Hall–Kier alpha value is -1.26. The Kier molecular flexibility index (Phi) is 9.29. The Morgan fingerprint density at radius 2 is 1.79 bits per heavy atom. The van der Waals surface area contributed by atoms with Gasteiger partial charge in [0, 0.05) is 52.8 Å². The van der Waals surface area contributed by atoms with Crippen molar-refractivity contribution in [2.45, 2.75) is 38.3 Å². The number of halogens is 1. The molecule has 0 bridgehead atoms. The van der Waals surface area contributed by atoms with Crippen molar-refractivity contribution in [1.82, 2.24) is 10.2 Å². The summed E-state index contributed by atoms with van der Waals surface area (Å²) in [4.78, 5) is 7.25. The molecule has 0 spiro atoms. The van der Waals surface area contributed by atoms with Crippen molar-refractivity contribution in [3.63, 3.8) is 0 Å². The quantitative estimate of drug-likeness (QED) is 0.355. The van der Waals surface area contributed by atoms with Gasteiger partial charge in [-0.25, -0.2) is 0 Å². The number of benzene rings is 1.